The number of allylic oxidation sites excluding steroid dienone is 5. The largest absolute Gasteiger partial charge is 0.466 e. The molecule has 0 radical (unpaired) electrons. The van der Waals surface area contributed by atoms with E-state index in [9.17, 15) is 19.8 Å². The molecule has 0 aromatic carbocycles. The topological polar surface area (TPSA) is 95.9 Å². The van der Waals surface area contributed by atoms with Crippen LogP contribution in [0, 0.1) is 0 Å². The van der Waals surface area contributed by atoms with Gasteiger partial charge in [0.05, 0.1) is 25.4 Å². The molecule has 2 unspecified atom stereocenters. The van der Waals surface area contributed by atoms with Crippen molar-refractivity contribution in [1.29, 1.82) is 0 Å². The predicted octanol–water partition coefficient (Wildman–Crippen LogP) is 17.2. The zero-order valence-corrected chi connectivity index (χ0v) is 42.8. The number of rotatable bonds is 52. The van der Waals surface area contributed by atoms with Crippen LogP contribution in [0.15, 0.2) is 36.5 Å². The summed E-state index contributed by atoms with van der Waals surface area (Å²) >= 11 is 0. The van der Waals surface area contributed by atoms with Gasteiger partial charge < -0.3 is 20.3 Å². The lowest BCUT2D eigenvalue weighted by Crippen LogP contribution is -2.45. The van der Waals surface area contributed by atoms with Crippen molar-refractivity contribution < 1.29 is 24.5 Å². The Hall–Kier alpha value is -1.92. The third-order valence-corrected chi connectivity index (χ3v) is 12.9. The number of hydrogen-bond acceptors (Lipinski definition) is 5. The molecule has 0 aliphatic heterocycles. The van der Waals surface area contributed by atoms with Gasteiger partial charge in [-0.25, -0.2) is 0 Å². The van der Waals surface area contributed by atoms with Crippen LogP contribution >= 0.6 is 0 Å². The molecule has 0 heterocycles. The lowest BCUT2D eigenvalue weighted by Gasteiger charge is -2.20. The molecule has 0 bridgehead atoms. The Labute approximate surface area is 398 Å². The van der Waals surface area contributed by atoms with E-state index in [0.717, 1.165) is 83.5 Å². The van der Waals surface area contributed by atoms with Gasteiger partial charge in [0.1, 0.15) is 0 Å². The van der Waals surface area contributed by atoms with Gasteiger partial charge >= 0.3 is 5.97 Å². The van der Waals surface area contributed by atoms with Gasteiger partial charge in [-0.05, 0) is 83.5 Å². The van der Waals surface area contributed by atoms with Gasteiger partial charge in [-0.3, -0.25) is 9.59 Å². The van der Waals surface area contributed by atoms with Gasteiger partial charge in [-0.15, -0.1) is 0 Å². The van der Waals surface area contributed by atoms with Crippen molar-refractivity contribution in [2.75, 3.05) is 13.2 Å². The standard InChI is InChI=1S/C58H109NO5/c1-3-5-7-9-11-13-15-17-19-21-22-24-25-27-30-34-38-42-46-50-56(61)55(54-60)59-57(62)51-47-43-39-35-31-29-33-37-41-45-49-53-64-58(63)52-48-44-40-36-32-28-26-23-20-18-16-14-12-10-8-6-4-2/h18,20,33,37,46,50,55-56,60-61H,3-17,19,21-32,34-36,38-45,47-49,51-54H2,1-2H3,(H,59,62)/b20-18-,37-33-,50-46+. The summed E-state index contributed by atoms with van der Waals surface area (Å²) in [6, 6.07) is -0.650. The molecule has 2 atom stereocenters. The summed E-state index contributed by atoms with van der Waals surface area (Å²) in [5.41, 5.74) is 0. The molecule has 0 aliphatic rings. The van der Waals surface area contributed by atoms with Crippen LogP contribution in [0.3, 0.4) is 0 Å². The van der Waals surface area contributed by atoms with E-state index in [1.165, 1.54) is 186 Å². The third-order valence-electron chi connectivity index (χ3n) is 12.9. The molecule has 6 heteroatoms. The summed E-state index contributed by atoms with van der Waals surface area (Å²) < 4.78 is 5.45. The second-order valence-electron chi connectivity index (χ2n) is 19.3. The lowest BCUT2D eigenvalue weighted by atomic mass is 10.0. The Kier molecular flexibility index (Phi) is 52.1. The number of esters is 1. The summed E-state index contributed by atoms with van der Waals surface area (Å²) in [6.07, 6.45) is 65.9. The third kappa shape index (κ3) is 49.5. The first-order valence-corrected chi connectivity index (χ1v) is 28.3. The zero-order valence-electron chi connectivity index (χ0n) is 42.8. The van der Waals surface area contributed by atoms with Gasteiger partial charge in [0.25, 0.3) is 0 Å². The van der Waals surface area contributed by atoms with Crippen molar-refractivity contribution >= 4 is 11.9 Å². The zero-order chi connectivity index (χ0) is 46.5. The quantitative estimate of drug-likeness (QED) is 0.0321. The van der Waals surface area contributed by atoms with E-state index in [-0.39, 0.29) is 18.5 Å². The summed E-state index contributed by atoms with van der Waals surface area (Å²) in [5, 5.41) is 23.1. The van der Waals surface area contributed by atoms with E-state index >= 15 is 0 Å². The average molecular weight is 901 g/mol. The number of aliphatic hydroxyl groups is 2. The van der Waals surface area contributed by atoms with Crippen LogP contribution in [0.2, 0.25) is 0 Å². The lowest BCUT2D eigenvalue weighted by molar-refractivity contribution is -0.143. The molecular weight excluding hydrogens is 791 g/mol. The van der Waals surface area contributed by atoms with Crippen molar-refractivity contribution in [3.8, 4) is 0 Å². The molecule has 0 aromatic heterocycles. The van der Waals surface area contributed by atoms with Gasteiger partial charge in [0.2, 0.25) is 5.91 Å². The summed E-state index contributed by atoms with van der Waals surface area (Å²) in [7, 11) is 0. The van der Waals surface area contributed by atoms with Crippen molar-refractivity contribution in [1.82, 2.24) is 5.32 Å². The first-order chi connectivity index (χ1) is 31.5. The highest BCUT2D eigenvalue weighted by Crippen LogP contribution is 2.16. The SMILES string of the molecule is CCCCCCCC/C=C\CCCCCCCCCC(=O)OCCCC/C=C\CCCCCCCC(=O)NC(CO)C(O)/C=C/CCCCCCCCCCCCCCCCCCC. The van der Waals surface area contributed by atoms with Crippen LogP contribution in [0.1, 0.15) is 296 Å². The molecular formula is C58H109NO5. The Morgan fingerprint density at radius 3 is 1.11 bits per heavy atom. The second-order valence-corrected chi connectivity index (χ2v) is 19.3. The highest BCUT2D eigenvalue weighted by Gasteiger charge is 2.18. The van der Waals surface area contributed by atoms with Crippen LogP contribution in [0.4, 0.5) is 0 Å². The van der Waals surface area contributed by atoms with Crippen molar-refractivity contribution in [3.63, 3.8) is 0 Å². The Balaban J connectivity index is 3.54. The van der Waals surface area contributed by atoms with E-state index in [1.54, 1.807) is 6.08 Å². The van der Waals surface area contributed by atoms with Crippen molar-refractivity contribution in [3.05, 3.63) is 36.5 Å². The minimum Gasteiger partial charge on any atom is -0.466 e. The maximum atomic E-state index is 12.5. The number of hydrogen-bond donors (Lipinski definition) is 3. The summed E-state index contributed by atoms with van der Waals surface area (Å²) in [4.78, 5) is 24.5. The molecule has 64 heavy (non-hydrogen) atoms. The molecule has 0 saturated carbocycles. The first kappa shape index (κ1) is 62.1. The molecule has 0 fully saturated rings. The number of aliphatic hydroxyl groups excluding tert-OH is 2. The summed E-state index contributed by atoms with van der Waals surface area (Å²) in [5.74, 6) is -0.132. The van der Waals surface area contributed by atoms with E-state index in [1.807, 2.05) is 6.08 Å². The molecule has 0 rings (SSSR count). The van der Waals surface area contributed by atoms with E-state index in [2.05, 4.69) is 43.5 Å². The summed E-state index contributed by atoms with van der Waals surface area (Å²) in [6.45, 7) is 4.83. The minimum atomic E-state index is -0.864. The molecule has 0 aromatic rings. The number of nitrogens with one attached hydrogen (secondary N) is 1. The van der Waals surface area contributed by atoms with E-state index in [4.69, 9.17) is 4.74 Å². The number of amides is 1. The molecule has 3 N–H and O–H groups in total. The Morgan fingerprint density at radius 2 is 0.734 bits per heavy atom. The van der Waals surface area contributed by atoms with Crippen LogP contribution in [0.5, 0.6) is 0 Å². The minimum absolute atomic E-state index is 0.0363. The van der Waals surface area contributed by atoms with Crippen LogP contribution in [0.25, 0.3) is 0 Å². The van der Waals surface area contributed by atoms with Crippen LogP contribution in [-0.4, -0.2) is 47.4 Å². The second kappa shape index (κ2) is 53.7. The van der Waals surface area contributed by atoms with Crippen molar-refractivity contribution in [2.45, 2.75) is 309 Å². The molecule has 376 valence electrons. The number of carbonyl (C=O) groups excluding carboxylic acids is 2. The fraction of sp³-hybridized carbons (Fsp3) is 0.862. The molecule has 1 amide bonds. The van der Waals surface area contributed by atoms with Gasteiger partial charge in [-0.2, -0.15) is 0 Å². The molecule has 6 nitrogen and oxygen atoms in total. The Morgan fingerprint density at radius 1 is 0.422 bits per heavy atom. The molecule has 0 spiro atoms. The maximum Gasteiger partial charge on any atom is 0.305 e. The highest BCUT2D eigenvalue weighted by molar-refractivity contribution is 5.76. The average Bonchev–Trinajstić information content (AvgIpc) is 3.29. The van der Waals surface area contributed by atoms with Gasteiger partial charge in [-0.1, -0.05) is 237 Å². The monoisotopic (exact) mass is 900 g/mol. The van der Waals surface area contributed by atoms with Crippen molar-refractivity contribution in [2.24, 2.45) is 0 Å². The smallest absolute Gasteiger partial charge is 0.305 e. The van der Waals surface area contributed by atoms with Crippen LogP contribution in [-0.2, 0) is 14.3 Å². The maximum absolute atomic E-state index is 12.5. The van der Waals surface area contributed by atoms with E-state index < -0.39 is 12.1 Å². The molecule has 0 saturated heterocycles. The van der Waals surface area contributed by atoms with Gasteiger partial charge in [0, 0.05) is 12.8 Å². The number of unbranched alkanes of at least 4 members (excludes halogenated alkanes) is 37. The number of ether oxygens (including phenoxy) is 1. The normalized spacial score (nSPS) is 12.9. The predicted molar refractivity (Wildman–Crippen MR) is 278 cm³/mol. The molecule has 0 aliphatic carbocycles. The van der Waals surface area contributed by atoms with E-state index in [0.29, 0.717) is 19.4 Å². The fourth-order valence-corrected chi connectivity index (χ4v) is 8.50. The fourth-order valence-electron chi connectivity index (χ4n) is 8.50. The highest BCUT2D eigenvalue weighted by atomic mass is 16.5. The van der Waals surface area contributed by atoms with Gasteiger partial charge in [0.15, 0.2) is 0 Å². The Bertz CT molecular complexity index is 1040. The van der Waals surface area contributed by atoms with Crippen LogP contribution < -0.4 is 5.32 Å². The number of carbonyl (C=O) groups is 2. The first-order valence-electron chi connectivity index (χ1n) is 28.3.